The molecule has 0 aliphatic heterocycles. The zero-order valence-corrected chi connectivity index (χ0v) is 18.0. The molecular weight excluding hydrogens is 378 g/mol. The minimum atomic E-state index is 0.380. The molecule has 0 bridgehead atoms. The second-order valence-corrected chi connectivity index (χ2v) is 6.91. The molecule has 0 fully saturated rings. The number of para-hydroxylation sites is 1. The van der Waals surface area contributed by atoms with E-state index in [0.717, 1.165) is 63.6 Å². The van der Waals surface area contributed by atoms with Crippen LogP contribution in [-0.4, -0.2) is 49.1 Å². The molecule has 2 rings (SSSR count). The Labute approximate surface area is 179 Å². The van der Waals surface area contributed by atoms with Crippen LogP contribution in [0.15, 0.2) is 35.3 Å². The number of benzene rings is 1. The van der Waals surface area contributed by atoms with Crippen molar-refractivity contribution in [1.29, 1.82) is 5.26 Å². The van der Waals surface area contributed by atoms with Crippen LogP contribution in [0.25, 0.3) is 5.69 Å². The fourth-order valence-electron chi connectivity index (χ4n) is 2.95. The van der Waals surface area contributed by atoms with Crippen LogP contribution in [0.1, 0.15) is 43.9 Å². The van der Waals surface area contributed by atoms with Crippen LogP contribution < -0.4 is 16.4 Å². The predicted octanol–water partition coefficient (Wildman–Crippen LogP) is 2.63. The average Bonchev–Trinajstić information content (AvgIpc) is 3.10. The van der Waals surface area contributed by atoms with E-state index in [1.807, 2.05) is 30.3 Å². The molecule has 30 heavy (non-hydrogen) atoms. The molecule has 0 amide bonds. The smallest absolute Gasteiger partial charge is 0.190 e. The largest absolute Gasteiger partial charge is 0.382 e. The second kappa shape index (κ2) is 13.2. The number of aryl methyl sites for hydroxylation is 1. The summed E-state index contributed by atoms with van der Waals surface area (Å²) in [6.07, 6.45) is 4.66. The Morgan fingerprint density at radius 2 is 1.87 bits per heavy atom. The van der Waals surface area contributed by atoms with Gasteiger partial charge in [0.25, 0.3) is 0 Å². The number of ether oxygens (including phenoxy) is 1. The van der Waals surface area contributed by atoms with Crippen LogP contribution >= 0.6 is 0 Å². The van der Waals surface area contributed by atoms with Crippen molar-refractivity contribution in [3.05, 3.63) is 41.6 Å². The van der Waals surface area contributed by atoms with Gasteiger partial charge in [-0.1, -0.05) is 31.5 Å². The van der Waals surface area contributed by atoms with Gasteiger partial charge in [0, 0.05) is 33.4 Å². The third kappa shape index (κ3) is 7.08. The average molecular weight is 412 g/mol. The Kier molecular flexibility index (Phi) is 10.2. The lowest BCUT2D eigenvalue weighted by atomic mass is 10.1. The van der Waals surface area contributed by atoms with E-state index in [4.69, 9.17) is 10.5 Å². The molecule has 0 spiro atoms. The zero-order valence-electron chi connectivity index (χ0n) is 18.0. The van der Waals surface area contributed by atoms with Crippen molar-refractivity contribution in [2.24, 2.45) is 4.99 Å². The summed E-state index contributed by atoms with van der Waals surface area (Å²) >= 11 is 0. The molecule has 8 heteroatoms. The summed E-state index contributed by atoms with van der Waals surface area (Å²) in [7, 11) is 1.75. The highest BCUT2D eigenvalue weighted by Gasteiger charge is 2.16. The van der Waals surface area contributed by atoms with Gasteiger partial charge in [-0.2, -0.15) is 10.4 Å². The summed E-state index contributed by atoms with van der Waals surface area (Å²) < 4.78 is 7.19. The van der Waals surface area contributed by atoms with E-state index in [9.17, 15) is 5.26 Å². The van der Waals surface area contributed by atoms with Crippen molar-refractivity contribution < 1.29 is 4.74 Å². The van der Waals surface area contributed by atoms with Crippen molar-refractivity contribution >= 4 is 11.8 Å². The van der Waals surface area contributed by atoms with Crippen LogP contribution in [-0.2, 0) is 11.2 Å². The molecular formula is C22H33N7O. The van der Waals surface area contributed by atoms with Gasteiger partial charge in [0.15, 0.2) is 5.96 Å². The third-order valence-electron chi connectivity index (χ3n) is 4.61. The Morgan fingerprint density at radius 3 is 2.53 bits per heavy atom. The van der Waals surface area contributed by atoms with Gasteiger partial charge in [-0.05, 0) is 37.8 Å². The molecule has 0 aliphatic carbocycles. The quantitative estimate of drug-likeness (QED) is 0.281. The number of hydrogen-bond donors (Lipinski definition) is 3. The predicted molar refractivity (Wildman–Crippen MR) is 121 cm³/mol. The van der Waals surface area contributed by atoms with Gasteiger partial charge in [-0.3, -0.25) is 4.99 Å². The first kappa shape index (κ1) is 23.2. The van der Waals surface area contributed by atoms with Gasteiger partial charge in [0.1, 0.15) is 17.5 Å². The highest BCUT2D eigenvalue weighted by Crippen LogP contribution is 2.21. The second-order valence-electron chi connectivity index (χ2n) is 6.91. The topological polar surface area (TPSA) is 113 Å². The van der Waals surface area contributed by atoms with Crippen LogP contribution in [0.2, 0.25) is 0 Å². The molecule has 0 saturated heterocycles. The first-order chi connectivity index (χ1) is 14.7. The Bertz CT molecular complexity index is 824. The van der Waals surface area contributed by atoms with Crippen molar-refractivity contribution in [3.8, 4) is 11.8 Å². The highest BCUT2D eigenvalue weighted by atomic mass is 16.5. The number of anilines is 1. The lowest BCUT2D eigenvalue weighted by molar-refractivity contribution is 0.129. The van der Waals surface area contributed by atoms with Crippen LogP contribution in [0.3, 0.4) is 0 Å². The molecule has 1 heterocycles. The normalized spacial score (nSPS) is 11.3. The zero-order chi connectivity index (χ0) is 21.6. The maximum Gasteiger partial charge on any atom is 0.190 e. The molecule has 2 aromatic rings. The lowest BCUT2D eigenvalue weighted by Gasteiger charge is -2.11. The minimum Gasteiger partial charge on any atom is -0.382 e. The van der Waals surface area contributed by atoms with Crippen molar-refractivity contribution in [2.75, 3.05) is 39.1 Å². The van der Waals surface area contributed by atoms with Gasteiger partial charge in [0.05, 0.1) is 11.4 Å². The van der Waals surface area contributed by atoms with Crippen LogP contribution in [0.5, 0.6) is 0 Å². The fourth-order valence-corrected chi connectivity index (χ4v) is 2.95. The molecule has 4 N–H and O–H groups in total. The summed E-state index contributed by atoms with van der Waals surface area (Å²) in [5, 5.41) is 20.6. The number of nitrogens with two attached hydrogens (primary N) is 1. The van der Waals surface area contributed by atoms with Crippen LogP contribution in [0, 0.1) is 11.3 Å². The first-order valence-electron chi connectivity index (χ1n) is 10.6. The number of nitrogens with one attached hydrogen (secondary N) is 2. The Hall–Kier alpha value is -3.05. The third-order valence-corrected chi connectivity index (χ3v) is 4.61. The summed E-state index contributed by atoms with van der Waals surface area (Å²) in [4.78, 5) is 4.23. The molecule has 0 radical (unpaired) electrons. The Morgan fingerprint density at radius 1 is 1.17 bits per heavy atom. The molecule has 0 aliphatic rings. The molecule has 1 aromatic heterocycles. The van der Waals surface area contributed by atoms with E-state index < -0.39 is 0 Å². The number of hydrogen-bond acceptors (Lipinski definition) is 5. The van der Waals surface area contributed by atoms with Gasteiger partial charge in [-0.15, -0.1) is 0 Å². The van der Waals surface area contributed by atoms with E-state index >= 15 is 0 Å². The number of aromatic nitrogens is 2. The van der Waals surface area contributed by atoms with E-state index in [1.54, 1.807) is 11.7 Å². The van der Waals surface area contributed by atoms with Gasteiger partial charge in [0.2, 0.25) is 0 Å². The monoisotopic (exact) mass is 411 g/mol. The lowest BCUT2D eigenvalue weighted by Crippen LogP contribution is -2.38. The van der Waals surface area contributed by atoms with Gasteiger partial charge in [-0.25, -0.2) is 4.68 Å². The maximum absolute atomic E-state index is 9.49. The first-order valence-corrected chi connectivity index (χ1v) is 10.6. The summed E-state index contributed by atoms with van der Waals surface area (Å²) in [5.74, 6) is 1.14. The number of rotatable bonds is 12. The molecule has 8 nitrogen and oxygen atoms in total. The van der Waals surface area contributed by atoms with E-state index in [2.05, 4.69) is 33.7 Å². The number of unbranched alkanes of at least 4 members (excludes halogenated alkanes) is 1. The van der Waals surface area contributed by atoms with Crippen LogP contribution in [0.4, 0.5) is 5.82 Å². The molecule has 1 aromatic carbocycles. The molecule has 0 atom stereocenters. The number of nitrogen functional groups attached to an aromatic ring is 1. The van der Waals surface area contributed by atoms with E-state index in [1.165, 1.54) is 0 Å². The number of nitrogens with zero attached hydrogens (tertiary/aromatic N) is 4. The summed E-state index contributed by atoms with van der Waals surface area (Å²) in [6, 6.07) is 11.8. The number of guanidine groups is 1. The van der Waals surface area contributed by atoms with Crippen molar-refractivity contribution in [3.63, 3.8) is 0 Å². The number of nitriles is 1. The minimum absolute atomic E-state index is 0.380. The molecule has 0 saturated carbocycles. The van der Waals surface area contributed by atoms with E-state index in [0.29, 0.717) is 23.5 Å². The molecule has 162 valence electrons. The standard InChI is InChI=1S/C22H33N7O/c1-3-4-15-30-16-9-14-27-22(25-2)26-13-8-12-20-19(17-23)21(24)29(28-20)18-10-6-5-7-11-18/h5-7,10-11H,3-4,8-9,12-16,24H2,1-2H3,(H2,25,26,27). The van der Waals surface area contributed by atoms with Crippen molar-refractivity contribution in [1.82, 2.24) is 20.4 Å². The SMILES string of the molecule is CCCCOCCCNC(=NC)NCCCc1nn(-c2ccccc2)c(N)c1C#N. The van der Waals surface area contributed by atoms with Crippen molar-refractivity contribution in [2.45, 2.75) is 39.0 Å². The maximum atomic E-state index is 9.49. The van der Waals surface area contributed by atoms with Gasteiger partial charge >= 0.3 is 0 Å². The van der Waals surface area contributed by atoms with E-state index in [-0.39, 0.29) is 0 Å². The summed E-state index contributed by atoms with van der Waals surface area (Å²) in [5.41, 5.74) is 8.16. The summed E-state index contributed by atoms with van der Waals surface area (Å²) in [6.45, 7) is 5.27. The number of aliphatic imine (C=N–C) groups is 1. The molecule has 0 unspecified atom stereocenters. The fraction of sp³-hybridized carbons (Fsp3) is 0.500. The van der Waals surface area contributed by atoms with Gasteiger partial charge < -0.3 is 21.1 Å². The Balaban J connectivity index is 1.76. The highest BCUT2D eigenvalue weighted by molar-refractivity contribution is 5.79.